The summed E-state index contributed by atoms with van der Waals surface area (Å²) in [4.78, 5) is 13.4. The SMILES string of the molecule is CC(C)(C)C12C=CC(CC1)C2OC(=O)C1C2C=CC1(C(C)(C)C)CC2. The molecule has 4 aliphatic rings. The molecule has 2 saturated carbocycles. The number of carbonyl (C=O) groups is 1. The zero-order chi connectivity index (χ0) is 18.3. The fraction of sp³-hybridized carbons (Fsp3) is 0.783. The third kappa shape index (κ3) is 2.12. The molecule has 0 aromatic heterocycles. The maximum Gasteiger partial charge on any atom is 0.310 e. The highest BCUT2D eigenvalue weighted by Gasteiger charge is 2.62. The molecular formula is C23H34O2. The molecular weight excluding hydrogens is 308 g/mol. The van der Waals surface area contributed by atoms with Gasteiger partial charge in [0.05, 0.1) is 5.92 Å². The summed E-state index contributed by atoms with van der Waals surface area (Å²) in [6, 6.07) is 0. The minimum Gasteiger partial charge on any atom is -0.461 e. The van der Waals surface area contributed by atoms with Crippen molar-refractivity contribution in [1.82, 2.24) is 0 Å². The molecule has 0 aliphatic heterocycles. The van der Waals surface area contributed by atoms with Crippen LogP contribution in [0.4, 0.5) is 0 Å². The van der Waals surface area contributed by atoms with E-state index in [0.29, 0.717) is 11.8 Å². The Morgan fingerprint density at radius 2 is 1.40 bits per heavy atom. The van der Waals surface area contributed by atoms with E-state index < -0.39 is 0 Å². The Hall–Kier alpha value is -1.05. The summed E-state index contributed by atoms with van der Waals surface area (Å²) >= 11 is 0. The van der Waals surface area contributed by atoms with Gasteiger partial charge in [0.15, 0.2) is 0 Å². The molecule has 2 nitrogen and oxygen atoms in total. The van der Waals surface area contributed by atoms with Crippen LogP contribution in [0, 0.1) is 39.4 Å². The average molecular weight is 343 g/mol. The molecule has 4 bridgehead atoms. The van der Waals surface area contributed by atoms with Crippen LogP contribution in [0.25, 0.3) is 0 Å². The van der Waals surface area contributed by atoms with Crippen LogP contribution in [0.3, 0.4) is 0 Å². The maximum atomic E-state index is 13.4. The Morgan fingerprint density at radius 3 is 1.88 bits per heavy atom. The fourth-order valence-electron chi connectivity index (χ4n) is 6.47. The minimum atomic E-state index is -0.0191. The Kier molecular flexibility index (Phi) is 3.48. The van der Waals surface area contributed by atoms with Gasteiger partial charge in [0, 0.05) is 16.7 Å². The summed E-state index contributed by atoms with van der Waals surface area (Å²) in [7, 11) is 0. The number of esters is 1. The van der Waals surface area contributed by atoms with Crippen LogP contribution in [-0.2, 0) is 9.53 Å². The number of carbonyl (C=O) groups excluding carboxylic acids is 1. The van der Waals surface area contributed by atoms with E-state index in [-0.39, 0.29) is 39.7 Å². The Morgan fingerprint density at radius 1 is 0.880 bits per heavy atom. The lowest BCUT2D eigenvalue weighted by atomic mass is 9.62. The van der Waals surface area contributed by atoms with Crippen LogP contribution in [-0.4, -0.2) is 12.1 Å². The van der Waals surface area contributed by atoms with Gasteiger partial charge in [-0.2, -0.15) is 0 Å². The molecule has 0 aromatic carbocycles. The summed E-state index contributed by atoms with van der Waals surface area (Å²) in [6.07, 6.45) is 13.9. The third-order valence-electron chi connectivity index (χ3n) is 8.23. The highest BCUT2D eigenvalue weighted by Crippen LogP contribution is 2.64. The quantitative estimate of drug-likeness (QED) is 0.486. The van der Waals surface area contributed by atoms with Crippen molar-refractivity contribution in [1.29, 1.82) is 0 Å². The number of allylic oxidation sites excluding steroid dienone is 2. The van der Waals surface area contributed by atoms with Gasteiger partial charge in [-0.25, -0.2) is 0 Å². The molecule has 25 heavy (non-hydrogen) atoms. The molecule has 4 aliphatic carbocycles. The van der Waals surface area contributed by atoms with E-state index in [0.717, 1.165) is 25.7 Å². The number of fused-ring (bicyclic) bond motifs is 4. The van der Waals surface area contributed by atoms with Gasteiger partial charge in [-0.3, -0.25) is 4.79 Å². The van der Waals surface area contributed by atoms with Crippen LogP contribution in [0.15, 0.2) is 24.3 Å². The fourth-order valence-corrected chi connectivity index (χ4v) is 6.47. The number of hydrogen-bond donors (Lipinski definition) is 0. The van der Waals surface area contributed by atoms with E-state index in [1.807, 2.05) is 0 Å². The summed E-state index contributed by atoms with van der Waals surface area (Å²) in [6.45, 7) is 13.7. The first kappa shape index (κ1) is 17.4. The van der Waals surface area contributed by atoms with Crippen molar-refractivity contribution in [2.45, 2.75) is 73.3 Å². The number of hydrogen-bond acceptors (Lipinski definition) is 2. The first-order chi connectivity index (χ1) is 11.5. The highest BCUT2D eigenvalue weighted by atomic mass is 16.5. The van der Waals surface area contributed by atoms with Crippen molar-refractivity contribution in [2.24, 2.45) is 39.4 Å². The van der Waals surface area contributed by atoms with Gasteiger partial charge in [0.25, 0.3) is 0 Å². The van der Waals surface area contributed by atoms with E-state index in [1.54, 1.807) is 0 Å². The lowest BCUT2D eigenvalue weighted by molar-refractivity contribution is -0.168. The second-order valence-corrected chi connectivity index (χ2v) is 11.0. The molecule has 6 unspecified atom stereocenters. The average Bonchev–Trinajstić information content (AvgIpc) is 3.23. The molecule has 6 atom stereocenters. The maximum absolute atomic E-state index is 13.4. The Labute approximate surface area is 153 Å². The number of ether oxygens (including phenoxy) is 1. The Balaban J connectivity index is 1.60. The van der Waals surface area contributed by atoms with Gasteiger partial charge in [0.1, 0.15) is 6.10 Å². The van der Waals surface area contributed by atoms with Gasteiger partial charge >= 0.3 is 5.97 Å². The first-order valence-electron chi connectivity index (χ1n) is 10.1. The third-order valence-corrected chi connectivity index (χ3v) is 8.23. The van der Waals surface area contributed by atoms with E-state index in [2.05, 4.69) is 65.8 Å². The molecule has 0 N–H and O–H groups in total. The zero-order valence-electron chi connectivity index (χ0n) is 16.8. The van der Waals surface area contributed by atoms with Crippen LogP contribution in [0.2, 0.25) is 0 Å². The first-order valence-corrected chi connectivity index (χ1v) is 10.1. The van der Waals surface area contributed by atoms with Crippen molar-refractivity contribution in [3.63, 3.8) is 0 Å². The van der Waals surface area contributed by atoms with E-state index in [1.165, 1.54) is 0 Å². The predicted molar refractivity (Wildman–Crippen MR) is 101 cm³/mol. The second kappa shape index (κ2) is 5.02. The van der Waals surface area contributed by atoms with Crippen molar-refractivity contribution >= 4 is 5.97 Å². The van der Waals surface area contributed by atoms with Gasteiger partial charge in [-0.1, -0.05) is 65.8 Å². The predicted octanol–water partition coefficient (Wildman–Crippen LogP) is 5.54. The van der Waals surface area contributed by atoms with Crippen molar-refractivity contribution in [2.75, 3.05) is 0 Å². The molecule has 2 fully saturated rings. The van der Waals surface area contributed by atoms with E-state index in [4.69, 9.17) is 4.74 Å². The van der Waals surface area contributed by atoms with Crippen molar-refractivity contribution < 1.29 is 9.53 Å². The van der Waals surface area contributed by atoms with Crippen LogP contribution >= 0.6 is 0 Å². The molecule has 0 aromatic rings. The lowest BCUT2D eigenvalue weighted by Gasteiger charge is -2.44. The monoisotopic (exact) mass is 342 g/mol. The molecule has 0 heterocycles. The Bertz CT molecular complexity index is 644. The van der Waals surface area contributed by atoms with Gasteiger partial charge in [-0.05, 0) is 42.4 Å². The smallest absolute Gasteiger partial charge is 0.310 e. The lowest BCUT2D eigenvalue weighted by Crippen LogP contribution is -2.46. The molecule has 0 spiro atoms. The van der Waals surface area contributed by atoms with Crippen molar-refractivity contribution in [3.05, 3.63) is 24.3 Å². The second-order valence-electron chi connectivity index (χ2n) is 11.0. The van der Waals surface area contributed by atoms with E-state index >= 15 is 0 Å². The molecule has 0 saturated heterocycles. The summed E-state index contributed by atoms with van der Waals surface area (Å²) in [5.41, 5.74) is 0.212. The van der Waals surface area contributed by atoms with Crippen LogP contribution in [0.1, 0.15) is 67.2 Å². The largest absolute Gasteiger partial charge is 0.461 e. The van der Waals surface area contributed by atoms with Gasteiger partial charge < -0.3 is 4.74 Å². The van der Waals surface area contributed by atoms with Gasteiger partial charge in [-0.15, -0.1) is 0 Å². The van der Waals surface area contributed by atoms with Crippen molar-refractivity contribution in [3.8, 4) is 0 Å². The molecule has 4 rings (SSSR count). The van der Waals surface area contributed by atoms with E-state index in [9.17, 15) is 4.79 Å². The summed E-state index contributed by atoms with van der Waals surface area (Å²) < 4.78 is 6.37. The summed E-state index contributed by atoms with van der Waals surface area (Å²) in [5, 5.41) is 0. The summed E-state index contributed by atoms with van der Waals surface area (Å²) in [5.74, 6) is 0.881. The normalized spacial score (nSPS) is 44.7. The topological polar surface area (TPSA) is 26.3 Å². The molecule has 138 valence electrons. The number of rotatable bonds is 2. The standard InChI is InChI=1S/C23H34O2/c1-20(2,3)22-11-7-15(8-12-22)17(22)19(24)25-18-16-9-13-23(18,14-10-16)21(4,5)6/h7,9,11,13,15-18H,8,10,12,14H2,1-6H3. The minimum absolute atomic E-state index is 0.0181. The molecule has 2 heteroatoms. The molecule has 0 radical (unpaired) electrons. The highest BCUT2D eigenvalue weighted by molar-refractivity contribution is 5.77. The van der Waals surface area contributed by atoms with Crippen LogP contribution < -0.4 is 0 Å². The van der Waals surface area contributed by atoms with Gasteiger partial charge in [0.2, 0.25) is 0 Å². The molecule has 0 amide bonds. The zero-order valence-corrected chi connectivity index (χ0v) is 16.8. The van der Waals surface area contributed by atoms with Crippen LogP contribution in [0.5, 0.6) is 0 Å².